The molecule has 0 amide bonds. The summed E-state index contributed by atoms with van der Waals surface area (Å²) in [5, 5.41) is 2.33. The highest BCUT2D eigenvalue weighted by atomic mass is 15.0. The predicted octanol–water partition coefficient (Wildman–Crippen LogP) is 22.3. The fourth-order valence-corrected chi connectivity index (χ4v) is 14.9. The maximum absolute atomic E-state index is 5.40. The van der Waals surface area contributed by atoms with Crippen LogP contribution in [0.25, 0.3) is 151 Å². The van der Waals surface area contributed by atoms with Crippen LogP contribution in [0.2, 0.25) is 0 Å². The average molecular weight is 1170 g/mol. The molecule has 16 aromatic rings. The van der Waals surface area contributed by atoms with Gasteiger partial charge in [-0.05, 0) is 178 Å². The van der Waals surface area contributed by atoms with Crippen LogP contribution < -0.4 is 0 Å². The molecule has 4 heteroatoms. The highest BCUT2D eigenvalue weighted by Crippen LogP contribution is 2.63. The molecule has 0 saturated heterocycles. The van der Waals surface area contributed by atoms with E-state index in [1.165, 1.54) is 61.0 Å². The minimum Gasteiger partial charge on any atom is -0.309 e. The van der Waals surface area contributed by atoms with E-state index in [0.717, 1.165) is 94.4 Å². The predicted molar refractivity (Wildman–Crippen MR) is 379 cm³/mol. The van der Waals surface area contributed by atoms with Gasteiger partial charge in [0.15, 0.2) is 17.5 Å². The molecule has 0 atom stereocenters. The number of benzene rings is 14. The molecule has 2 aliphatic rings. The summed E-state index contributed by atoms with van der Waals surface area (Å²) >= 11 is 0. The molecule has 0 bridgehead atoms. The molecule has 2 heterocycles. The zero-order chi connectivity index (χ0) is 60.7. The van der Waals surface area contributed by atoms with Crippen LogP contribution >= 0.6 is 0 Å². The standard InChI is InChI=1S/C88H56N4/c1-5-23-57(24-6-1)62-32-21-36-71(54-62)92-82-48-46-63(64-45-47-76-75-39-15-18-43-80(75)88(81(76)56-64)78-41-16-13-37-73(78)74-38-14-17-42-79(74)88)55-77(82)84-72(40-22-44-83(84)92)65-33-20-35-67(50-65)87-90-85(60-29-11-4-12-30-60)89-86(91-87)66-34-19-31-61(49-66)70-52-68(58-25-7-2-8-26-58)51-69(53-70)59-27-9-3-10-28-59/h1-56H. The van der Waals surface area contributed by atoms with Crippen LogP contribution in [-0.2, 0) is 5.41 Å². The molecule has 92 heavy (non-hydrogen) atoms. The third-order valence-electron chi connectivity index (χ3n) is 19.0. The first-order valence-corrected chi connectivity index (χ1v) is 31.6. The van der Waals surface area contributed by atoms with Gasteiger partial charge in [-0.3, -0.25) is 0 Å². The Hall–Kier alpha value is -12.1. The van der Waals surface area contributed by atoms with Gasteiger partial charge in [0.2, 0.25) is 0 Å². The number of aromatic nitrogens is 4. The Morgan fingerprint density at radius 3 is 1.15 bits per heavy atom. The van der Waals surface area contributed by atoms with E-state index in [1.54, 1.807) is 0 Å². The quantitative estimate of drug-likeness (QED) is 0.137. The van der Waals surface area contributed by atoms with E-state index < -0.39 is 5.41 Å². The third-order valence-corrected chi connectivity index (χ3v) is 19.0. The number of hydrogen-bond acceptors (Lipinski definition) is 3. The summed E-state index contributed by atoms with van der Waals surface area (Å²) in [4.78, 5) is 16.0. The van der Waals surface area contributed by atoms with E-state index in [9.17, 15) is 0 Å². The van der Waals surface area contributed by atoms with Gasteiger partial charge in [-0.1, -0.05) is 273 Å². The molecular formula is C88H56N4. The lowest BCUT2D eigenvalue weighted by Gasteiger charge is -2.30. The molecule has 14 aromatic carbocycles. The van der Waals surface area contributed by atoms with Gasteiger partial charge in [-0.15, -0.1) is 0 Å². The largest absolute Gasteiger partial charge is 0.309 e. The van der Waals surface area contributed by atoms with Gasteiger partial charge in [0.05, 0.1) is 16.4 Å². The lowest BCUT2D eigenvalue weighted by molar-refractivity contribution is 0.794. The molecule has 0 unspecified atom stereocenters. The molecular weight excluding hydrogens is 1110 g/mol. The van der Waals surface area contributed by atoms with Crippen molar-refractivity contribution in [1.82, 2.24) is 19.5 Å². The summed E-state index contributed by atoms with van der Waals surface area (Å²) < 4.78 is 2.45. The monoisotopic (exact) mass is 1170 g/mol. The van der Waals surface area contributed by atoms with Crippen molar-refractivity contribution in [2.45, 2.75) is 5.41 Å². The highest BCUT2D eigenvalue weighted by molar-refractivity contribution is 6.17. The first kappa shape index (κ1) is 53.0. The van der Waals surface area contributed by atoms with Gasteiger partial charge in [-0.2, -0.15) is 0 Å². The van der Waals surface area contributed by atoms with Crippen molar-refractivity contribution in [3.63, 3.8) is 0 Å². The number of fused-ring (bicyclic) bond motifs is 13. The minimum atomic E-state index is -0.453. The first-order chi connectivity index (χ1) is 45.6. The summed E-state index contributed by atoms with van der Waals surface area (Å²) in [6.07, 6.45) is 0. The van der Waals surface area contributed by atoms with Crippen LogP contribution in [0, 0.1) is 0 Å². The normalized spacial score (nSPS) is 12.4. The third kappa shape index (κ3) is 8.64. The van der Waals surface area contributed by atoms with Crippen LogP contribution in [-0.4, -0.2) is 19.5 Å². The maximum atomic E-state index is 5.40. The average Bonchev–Trinajstić information content (AvgIpc) is 1.51. The smallest absolute Gasteiger partial charge is 0.164 e. The fourth-order valence-electron chi connectivity index (χ4n) is 14.9. The van der Waals surface area contributed by atoms with Gasteiger partial charge in [-0.25, -0.2) is 15.0 Å². The Labute approximate surface area is 534 Å². The van der Waals surface area contributed by atoms with Crippen molar-refractivity contribution in [3.8, 4) is 129 Å². The van der Waals surface area contributed by atoms with Crippen molar-refractivity contribution in [1.29, 1.82) is 0 Å². The van der Waals surface area contributed by atoms with Crippen LogP contribution in [0.5, 0.6) is 0 Å². The van der Waals surface area contributed by atoms with Crippen molar-refractivity contribution in [2.24, 2.45) is 0 Å². The van der Waals surface area contributed by atoms with Crippen LogP contribution in [0.15, 0.2) is 340 Å². The molecule has 1 spiro atoms. The Morgan fingerprint density at radius 1 is 0.207 bits per heavy atom. The molecule has 2 aromatic heterocycles. The Morgan fingerprint density at radius 2 is 0.576 bits per heavy atom. The van der Waals surface area contributed by atoms with Crippen molar-refractivity contribution in [3.05, 3.63) is 362 Å². The summed E-state index contributed by atoms with van der Waals surface area (Å²) in [7, 11) is 0. The highest BCUT2D eigenvalue weighted by Gasteiger charge is 2.51. The van der Waals surface area contributed by atoms with Crippen LogP contribution in [0.1, 0.15) is 22.3 Å². The number of nitrogens with zero attached hydrogens (tertiary/aromatic N) is 4. The van der Waals surface area contributed by atoms with Crippen molar-refractivity contribution in [2.75, 3.05) is 0 Å². The topological polar surface area (TPSA) is 43.6 Å². The fraction of sp³-hybridized carbons (Fsp3) is 0.0114. The molecule has 2 aliphatic carbocycles. The minimum absolute atomic E-state index is 0.453. The second-order valence-corrected chi connectivity index (χ2v) is 24.2. The molecule has 4 nitrogen and oxygen atoms in total. The SMILES string of the molecule is c1ccc(-c2cc(-c3ccccc3)cc(-c3cccc(-c4nc(-c5ccccc5)nc(-c5cccc(-c6cccc7c6c6cc(-c8ccc9c(c8)C8(c%10ccccc%10-c%10ccccc%108)c8ccccc8-9)ccc6n7-c6cccc(-c7ccccc7)c6)c5)n4)c3)c2)cc1. The van der Waals surface area contributed by atoms with Crippen LogP contribution in [0.3, 0.4) is 0 Å². The van der Waals surface area contributed by atoms with Crippen LogP contribution in [0.4, 0.5) is 0 Å². The molecule has 428 valence electrons. The van der Waals surface area contributed by atoms with E-state index in [2.05, 4.69) is 326 Å². The Bertz CT molecular complexity index is 5450. The summed E-state index contributed by atoms with van der Waals surface area (Å²) in [6.45, 7) is 0. The molecule has 0 N–H and O–H groups in total. The summed E-state index contributed by atoms with van der Waals surface area (Å²) in [6, 6.07) is 124. The van der Waals surface area contributed by atoms with E-state index in [0.29, 0.717) is 17.5 Å². The van der Waals surface area contributed by atoms with E-state index in [-0.39, 0.29) is 0 Å². The van der Waals surface area contributed by atoms with Crippen molar-refractivity contribution >= 4 is 21.8 Å². The zero-order valence-corrected chi connectivity index (χ0v) is 50.1. The van der Waals surface area contributed by atoms with E-state index >= 15 is 0 Å². The lowest BCUT2D eigenvalue weighted by atomic mass is 9.70. The second-order valence-electron chi connectivity index (χ2n) is 24.2. The molecule has 18 rings (SSSR count). The molecule has 0 aliphatic heterocycles. The maximum Gasteiger partial charge on any atom is 0.164 e. The van der Waals surface area contributed by atoms with E-state index in [4.69, 9.17) is 15.0 Å². The zero-order valence-electron chi connectivity index (χ0n) is 50.1. The van der Waals surface area contributed by atoms with Gasteiger partial charge < -0.3 is 4.57 Å². The second kappa shape index (κ2) is 21.6. The molecule has 0 fully saturated rings. The van der Waals surface area contributed by atoms with Gasteiger partial charge >= 0.3 is 0 Å². The van der Waals surface area contributed by atoms with Gasteiger partial charge in [0.25, 0.3) is 0 Å². The van der Waals surface area contributed by atoms with E-state index in [1.807, 2.05) is 18.2 Å². The molecule has 0 radical (unpaired) electrons. The van der Waals surface area contributed by atoms with Gasteiger partial charge in [0.1, 0.15) is 0 Å². The van der Waals surface area contributed by atoms with Gasteiger partial charge in [0, 0.05) is 33.2 Å². The summed E-state index contributed by atoms with van der Waals surface area (Å²) in [5.74, 6) is 1.80. The molecule has 0 saturated carbocycles. The van der Waals surface area contributed by atoms with Crippen molar-refractivity contribution < 1.29 is 0 Å². The number of hydrogen-bond donors (Lipinski definition) is 0. The first-order valence-electron chi connectivity index (χ1n) is 31.6. The Balaban J connectivity index is 0.798. The Kier molecular flexibility index (Phi) is 12.4. The summed E-state index contributed by atoms with van der Waals surface area (Å²) in [5.41, 5.74) is 29.8. The number of rotatable bonds is 10. The lowest BCUT2D eigenvalue weighted by Crippen LogP contribution is -2.25.